The highest BCUT2D eigenvalue weighted by molar-refractivity contribution is 5.76. The predicted molar refractivity (Wildman–Crippen MR) is 87.1 cm³/mol. The van der Waals surface area contributed by atoms with Gasteiger partial charge in [-0.25, -0.2) is 0 Å². The van der Waals surface area contributed by atoms with Crippen LogP contribution in [0, 0.1) is 0 Å². The highest BCUT2D eigenvalue weighted by Gasteiger charge is 2.17. The lowest BCUT2D eigenvalue weighted by atomic mass is 10.1. The molecule has 4 nitrogen and oxygen atoms in total. The van der Waals surface area contributed by atoms with Gasteiger partial charge in [-0.2, -0.15) is 0 Å². The van der Waals surface area contributed by atoms with Crippen LogP contribution in [-0.2, 0) is 16.0 Å². The van der Waals surface area contributed by atoms with E-state index in [1.54, 1.807) is 7.11 Å². The van der Waals surface area contributed by atoms with E-state index in [0.29, 0.717) is 6.42 Å². The fourth-order valence-electron chi connectivity index (χ4n) is 2.83. The molecule has 1 fully saturated rings. The molecule has 1 aliphatic rings. The van der Waals surface area contributed by atoms with Crippen molar-refractivity contribution in [3.05, 3.63) is 29.8 Å². The third-order valence-corrected chi connectivity index (χ3v) is 4.07. The number of benzene rings is 1. The van der Waals surface area contributed by atoms with Crippen LogP contribution in [0.4, 0.5) is 0 Å². The number of ether oxygens (including phenoxy) is 2. The van der Waals surface area contributed by atoms with Crippen molar-refractivity contribution in [3.8, 4) is 5.75 Å². The number of para-hydroxylation sites is 1. The summed E-state index contributed by atoms with van der Waals surface area (Å²) < 4.78 is 10.9. The minimum absolute atomic E-state index is 0.115. The summed E-state index contributed by atoms with van der Waals surface area (Å²) in [6.07, 6.45) is 6.95. The number of unbranched alkanes of at least 4 members (excludes halogenated alkanes) is 1. The number of hydrogen-bond donors (Lipinski definition) is 1. The molecule has 1 aromatic rings. The number of rotatable bonds is 8. The monoisotopic (exact) mass is 305 g/mol. The molecule has 0 aromatic heterocycles. The molecule has 0 aliphatic carbocycles. The van der Waals surface area contributed by atoms with Crippen molar-refractivity contribution in [1.29, 1.82) is 0 Å². The van der Waals surface area contributed by atoms with Gasteiger partial charge in [0.05, 0.1) is 19.6 Å². The van der Waals surface area contributed by atoms with Gasteiger partial charge in [0.25, 0.3) is 0 Å². The van der Waals surface area contributed by atoms with E-state index in [4.69, 9.17) is 9.47 Å². The molecular weight excluding hydrogens is 278 g/mol. The molecule has 1 amide bonds. The zero-order valence-electron chi connectivity index (χ0n) is 13.5. The third kappa shape index (κ3) is 5.68. The largest absolute Gasteiger partial charge is 0.496 e. The number of amides is 1. The Bertz CT molecular complexity index is 455. The molecule has 1 heterocycles. The van der Waals surface area contributed by atoms with Crippen LogP contribution in [0.1, 0.15) is 44.1 Å². The predicted octanol–water partition coefficient (Wildman–Crippen LogP) is 3.09. The summed E-state index contributed by atoms with van der Waals surface area (Å²) in [7, 11) is 1.70. The zero-order chi connectivity index (χ0) is 15.6. The third-order valence-electron chi connectivity index (χ3n) is 4.07. The van der Waals surface area contributed by atoms with Crippen LogP contribution < -0.4 is 10.1 Å². The lowest BCUT2D eigenvalue weighted by Crippen LogP contribution is -2.31. The number of carbonyl (C=O) groups excluding carboxylic acids is 1. The fourth-order valence-corrected chi connectivity index (χ4v) is 2.83. The number of aryl methyl sites for hydroxylation is 1. The minimum Gasteiger partial charge on any atom is -0.496 e. The summed E-state index contributed by atoms with van der Waals surface area (Å²) in [5.74, 6) is 1.06. The molecule has 1 aromatic carbocycles. The Balaban J connectivity index is 1.57. The van der Waals surface area contributed by atoms with Crippen LogP contribution in [0.5, 0.6) is 5.75 Å². The molecule has 1 N–H and O–H groups in total. The average molecular weight is 305 g/mol. The highest BCUT2D eigenvalue weighted by atomic mass is 16.5. The molecule has 0 spiro atoms. The molecule has 122 valence electrons. The molecule has 1 atom stereocenters. The summed E-state index contributed by atoms with van der Waals surface area (Å²) in [5.41, 5.74) is 1.23. The van der Waals surface area contributed by atoms with E-state index in [9.17, 15) is 4.79 Å². The quantitative estimate of drug-likeness (QED) is 0.751. The van der Waals surface area contributed by atoms with E-state index in [1.165, 1.54) is 12.0 Å². The second-order valence-corrected chi connectivity index (χ2v) is 5.81. The maximum absolute atomic E-state index is 11.8. The topological polar surface area (TPSA) is 47.6 Å². The van der Waals surface area contributed by atoms with Gasteiger partial charge < -0.3 is 14.8 Å². The highest BCUT2D eigenvalue weighted by Crippen LogP contribution is 2.19. The van der Waals surface area contributed by atoms with Crippen molar-refractivity contribution in [1.82, 2.24) is 5.32 Å². The van der Waals surface area contributed by atoms with Crippen molar-refractivity contribution in [2.45, 2.75) is 51.0 Å². The van der Waals surface area contributed by atoms with E-state index in [-0.39, 0.29) is 12.0 Å². The number of methoxy groups -OCH3 is 1. The summed E-state index contributed by atoms with van der Waals surface area (Å²) in [6.45, 7) is 1.54. The Kier molecular flexibility index (Phi) is 7.23. The molecule has 4 heteroatoms. The first-order chi connectivity index (χ1) is 10.8. The maximum atomic E-state index is 11.8. The molecule has 1 saturated heterocycles. The second kappa shape index (κ2) is 9.46. The van der Waals surface area contributed by atoms with Crippen molar-refractivity contribution in [2.24, 2.45) is 0 Å². The van der Waals surface area contributed by atoms with Crippen molar-refractivity contribution < 1.29 is 14.3 Å². The van der Waals surface area contributed by atoms with E-state index in [1.807, 2.05) is 18.2 Å². The molecule has 2 rings (SSSR count). The Morgan fingerprint density at radius 2 is 2.18 bits per heavy atom. The van der Waals surface area contributed by atoms with Gasteiger partial charge in [-0.1, -0.05) is 18.2 Å². The smallest absolute Gasteiger partial charge is 0.222 e. The first-order valence-corrected chi connectivity index (χ1v) is 8.30. The van der Waals surface area contributed by atoms with Crippen LogP contribution in [0.15, 0.2) is 24.3 Å². The van der Waals surface area contributed by atoms with Gasteiger partial charge in [-0.3, -0.25) is 4.79 Å². The van der Waals surface area contributed by atoms with Crippen molar-refractivity contribution in [3.63, 3.8) is 0 Å². The van der Waals surface area contributed by atoms with Gasteiger partial charge in [0.1, 0.15) is 5.75 Å². The normalized spacial score (nSPS) is 18.0. The van der Waals surface area contributed by atoms with Gasteiger partial charge in [-0.15, -0.1) is 0 Å². The SMILES string of the molecule is COc1ccccc1CCCCNC(=O)CC1CCCCO1. The Morgan fingerprint density at radius 3 is 2.95 bits per heavy atom. The molecular formula is C18H27NO3. The summed E-state index contributed by atoms with van der Waals surface area (Å²) in [4.78, 5) is 11.8. The molecule has 1 unspecified atom stereocenters. The minimum atomic E-state index is 0.115. The van der Waals surface area contributed by atoms with Gasteiger partial charge in [0.15, 0.2) is 0 Å². The maximum Gasteiger partial charge on any atom is 0.222 e. The molecule has 0 saturated carbocycles. The van der Waals surface area contributed by atoms with Gasteiger partial charge in [0, 0.05) is 13.2 Å². The first kappa shape index (κ1) is 16.8. The van der Waals surface area contributed by atoms with E-state index in [0.717, 1.165) is 51.0 Å². The summed E-state index contributed by atoms with van der Waals surface area (Å²) >= 11 is 0. The summed E-state index contributed by atoms with van der Waals surface area (Å²) in [5, 5.41) is 2.99. The standard InChI is InChI=1S/C18H27NO3/c1-21-17-11-3-2-8-15(17)9-4-6-12-19-18(20)14-16-10-5-7-13-22-16/h2-3,8,11,16H,4-7,9-10,12-14H2,1H3,(H,19,20). The second-order valence-electron chi connectivity index (χ2n) is 5.81. The Hall–Kier alpha value is -1.55. The zero-order valence-corrected chi connectivity index (χ0v) is 13.5. The lowest BCUT2D eigenvalue weighted by Gasteiger charge is -2.21. The van der Waals surface area contributed by atoms with Crippen LogP contribution in [-0.4, -0.2) is 32.3 Å². The fraction of sp³-hybridized carbons (Fsp3) is 0.611. The summed E-state index contributed by atoms with van der Waals surface area (Å²) in [6, 6.07) is 8.10. The Labute approximate surface area is 133 Å². The lowest BCUT2D eigenvalue weighted by molar-refractivity contribution is -0.124. The van der Waals surface area contributed by atoms with E-state index < -0.39 is 0 Å². The van der Waals surface area contributed by atoms with Gasteiger partial charge >= 0.3 is 0 Å². The van der Waals surface area contributed by atoms with E-state index >= 15 is 0 Å². The molecule has 0 radical (unpaired) electrons. The molecule has 0 bridgehead atoms. The first-order valence-electron chi connectivity index (χ1n) is 8.30. The van der Waals surface area contributed by atoms with Crippen molar-refractivity contribution in [2.75, 3.05) is 20.3 Å². The van der Waals surface area contributed by atoms with Crippen LogP contribution >= 0.6 is 0 Å². The molecule has 1 aliphatic heterocycles. The van der Waals surface area contributed by atoms with Crippen LogP contribution in [0.2, 0.25) is 0 Å². The average Bonchev–Trinajstić information content (AvgIpc) is 2.56. The van der Waals surface area contributed by atoms with Gasteiger partial charge in [0.2, 0.25) is 5.91 Å². The van der Waals surface area contributed by atoms with Crippen LogP contribution in [0.3, 0.4) is 0 Å². The van der Waals surface area contributed by atoms with E-state index in [2.05, 4.69) is 11.4 Å². The van der Waals surface area contributed by atoms with Crippen LogP contribution in [0.25, 0.3) is 0 Å². The molecule has 22 heavy (non-hydrogen) atoms. The number of carbonyl (C=O) groups is 1. The number of nitrogens with one attached hydrogen (secondary N) is 1. The Morgan fingerprint density at radius 1 is 1.32 bits per heavy atom. The van der Waals surface area contributed by atoms with Gasteiger partial charge in [-0.05, 0) is 50.2 Å². The number of hydrogen-bond acceptors (Lipinski definition) is 3. The van der Waals surface area contributed by atoms with Crippen molar-refractivity contribution >= 4 is 5.91 Å².